The number of carbonyl (C=O) groups excluding carboxylic acids is 4. The zero-order chi connectivity index (χ0) is 26.3. The molecule has 0 aliphatic heterocycles. The molecule has 14 heteroatoms. The molecule has 0 aromatic carbocycles. The Morgan fingerprint density at radius 3 is 1.97 bits per heavy atom. The average Bonchev–Trinajstić information content (AvgIpc) is 2.76. The first-order chi connectivity index (χ1) is 15.9. The van der Waals surface area contributed by atoms with Gasteiger partial charge in [0.2, 0.25) is 23.6 Å². The molecule has 0 saturated carbocycles. The number of aliphatic hydroxyl groups is 1. The summed E-state index contributed by atoms with van der Waals surface area (Å²) in [7, 11) is 0. The highest BCUT2D eigenvalue weighted by Crippen LogP contribution is 2.07. The standard InChI is InChI=1S/C20H38N6O7S/c1-11(27)16(20(32)33)26-19(31)13(5-3-4-9-21)25-18(30)14(6-7-15(23)28)24-17(29)12(22)8-10-34-2/h11-14,16,27H,3-10,21-22H2,1-2H3,(H2,23,28)(H,24,29)(H,25,30)(H,26,31)(H,32,33). The van der Waals surface area contributed by atoms with Crippen molar-refractivity contribution in [1.82, 2.24) is 16.0 Å². The molecule has 0 rings (SSSR count). The van der Waals surface area contributed by atoms with Crippen molar-refractivity contribution in [2.45, 2.75) is 75.7 Å². The molecule has 0 aliphatic rings. The van der Waals surface area contributed by atoms with Crippen molar-refractivity contribution in [3.05, 3.63) is 0 Å². The predicted octanol–water partition coefficient (Wildman–Crippen LogP) is -2.62. The second-order valence-electron chi connectivity index (χ2n) is 7.86. The lowest BCUT2D eigenvalue weighted by atomic mass is 10.0. The molecular weight excluding hydrogens is 468 g/mol. The first-order valence-corrected chi connectivity index (χ1v) is 12.4. The van der Waals surface area contributed by atoms with Crippen LogP contribution >= 0.6 is 11.8 Å². The molecule has 13 nitrogen and oxygen atoms in total. The molecule has 0 heterocycles. The number of thioether (sulfide) groups is 1. The quantitative estimate of drug-likeness (QED) is 0.0900. The molecule has 0 aliphatic carbocycles. The Balaban J connectivity index is 5.52. The van der Waals surface area contributed by atoms with E-state index in [0.717, 1.165) is 0 Å². The van der Waals surface area contributed by atoms with Gasteiger partial charge >= 0.3 is 5.97 Å². The van der Waals surface area contributed by atoms with E-state index in [4.69, 9.17) is 17.2 Å². The molecule has 4 amide bonds. The third-order valence-electron chi connectivity index (χ3n) is 4.91. The van der Waals surface area contributed by atoms with Crippen LogP contribution in [0.25, 0.3) is 0 Å². The fourth-order valence-electron chi connectivity index (χ4n) is 2.89. The van der Waals surface area contributed by atoms with Crippen molar-refractivity contribution in [2.75, 3.05) is 18.6 Å². The monoisotopic (exact) mass is 506 g/mol. The zero-order valence-corrected chi connectivity index (χ0v) is 20.4. The molecule has 11 N–H and O–H groups in total. The number of carboxylic acid groups (broad SMARTS) is 1. The highest BCUT2D eigenvalue weighted by molar-refractivity contribution is 7.98. The van der Waals surface area contributed by atoms with E-state index in [1.807, 2.05) is 6.26 Å². The Kier molecular flexibility index (Phi) is 15.9. The number of aliphatic carboxylic acids is 1. The van der Waals surface area contributed by atoms with E-state index in [-0.39, 0.29) is 19.3 Å². The van der Waals surface area contributed by atoms with Crippen molar-refractivity contribution in [1.29, 1.82) is 0 Å². The van der Waals surface area contributed by atoms with Crippen LogP contribution in [0, 0.1) is 0 Å². The molecule has 196 valence electrons. The number of carbonyl (C=O) groups is 5. The lowest BCUT2D eigenvalue weighted by molar-refractivity contribution is -0.145. The van der Waals surface area contributed by atoms with Gasteiger partial charge in [-0.25, -0.2) is 4.79 Å². The highest BCUT2D eigenvalue weighted by Gasteiger charge is 2.31. The van der Waals surface area contributed by atoms with Crippen LogP contribution in [0.1, 0.15) is 45.4 Å². The number of primary amides is 1. The molecule has 0 aromatic heterocycles. The summed E-state index contributed by atoms with van der Waals surface area (Å²) >= 11 is 1.50. The Labute approximate surface area is 203 Å². The molecule has 0 fully saturated rings. The maximum absolute atomic E-state index is 12.9. The van der Waals surface area contributed by atoms with Gasteiger partial charge in [0, 0.05) is 6.42 Å². The number of hydrogen-bond donors (Lipinski definition) is 8. The second kappa shape index (κ2) is 17.1. The lowest BCUT2D eigenvalue weighted by Crippen LogP contribution is -2.58. The summed E-state index contributed by atoms with van der Waals surface area (Å²) < 4.78 is 0. The van der Waals surface area contributed by atoms with Crippen molar-refractivity contribution >= 4 is 41.4 Å². The number of unbranched alkanes of at least 4 members (excludes halogenated alkanes) is 1. The Bertz CT molecular complexity index is 694. The van der Waals surface area contributed by atoms with Crippen LogP contribution in [0.5, 0.6) is 0 Å². The van der Waals surface area contributed by atoms with E-state index < -0.39 is 59.9 Å². The minimum Gasteiger partial charge on any atom is -0.480 e. The Hall–Kier alpha value is -2.42. The smallest absolute Gasteiger partial charge is 0.328 e. The number of rotatable bonds is 18. The van der Waals surface area contributed by atoms with Gasteiger partial charge in [-0.2, -0.15) is 11.8 Å². The van der Waals surface area contributed by atoms with Gasteiger partial charge in [-0.05, 0) is 57.6 Å². The molecule has 0 spiro atoms. The maximum Gasteiger partial charge on any atom is 0.328 e. The fourth-order valence-corrected chi connectivity index (χ4v) is 3.38. The van der Waals surface area contributed by atoms with Gasteiger partial charge in [0.15, 0.2) is 6.04 Å². The molecular formula is C20H38N6O7S. The normalized spacial score (nSPS) is 15.3. The first kappa shape index (κ1) is 31.6. The second-order valence-corrected chi connectivity index (χ2v) is 8.85. The van der Waals surface area contributed by atoms with E-state index in [2.05, 4.69) is 16.0 Å². The van der Waals surface area contributed by atoms with Crippen LogP contribution in [-0.2, 0) is 24.0 Å². The minimum atomic E-state index is -1.58. The predicted molar refractivity (Wildman–Crippen MR) is 127 cm³/mol. The van der Waals surface area contributed by atoms with E-state index >= 15 is 0 Å². The van der Waals surface area contributed by atoms with E-state index in [1.165, 1.54) is 18.7 Å². The number of nitrogens with one attached hydrogen (secondary N) is 3. The van der Waals surface area contributed by atoms with Gasteiger partial charge < -0.3 is 43.4 Å². The van der Waals surface area contributed by atoms with Gasteiger partial charge in [0.1, 0.15) is 12.1 Å². The summed E-state index contributed by atoms with van der Waals surface area (Å²) in [5.74, 6) is -3.68. The van der Waals surface area contributed by atoms with E-state index in [9.17, 15) is 34.2 Å². The number of nitrogens with two attached hydrogens (primary N) is 3. The molecule has 0 aromatic rings. The number of amides is 4. The topological polar surface area (TPSA) is 240 Å². The van der Waals surface area contributed by atoms with Gasteiger partial charge in [-0.3, -0.25) is 19.2 Å². The number of carboxylic acids is 1. The van der Waals surface area contributed by atoms with Crippen molar-refractivity contribution in [3.63, 3.8) is 0 Å². The molecule has 5 atom stereocenters. The van der Waals surface area contributed by atoms with Crippen LogP contribution in [0.15, 0.2) is 0 Å². The fraction of sp³-hybridized carbons (Fsp3) is 0.750. The summed E-state index contributed by atoms with van der Waals surface area (Å²) in [6, 6.07) is -4.82. The van der Waals surface area contributed by atoms with Crippen LogP contribution in [0.3, 0.4) is 0 Å². The van der Waals surface area contributed by atoms with Crippen LogP contribution in [0.2, 0.25) is 0 Å². The molecule has 0 bridgehead atoms. The first-order valence-electron chi connectivity index (χ1n) is 11.0. The van der Waals surface area contributed by atoms with Gasteiger partial charge in [-0.15, -0.1) is 0 Å². The number of hydrogen-bond acceptors (Lipinski definition) is 9. The third-order valence-corrected chi connectivity index (χ3v) is 5.55. The summed E-state index contributed by atoms with van der Waals surface area (Å²) in [6.07, 6.45) is 1.64. The van der Waals surface area contributed by atoms with Crippen molar-refractivity contribution in [2.24, 2.45) is 17.2 Å². The van der Waals surface area contributed by atoms with Gasteiger partial charge in [-0.1, -0.05) is 0 Å². The van der Waals surface area contributed by atoms with Crippen molar-refractivity contribution < 1.29 is 34.2 Å². The lowest BCUT2D eigenvalue weighted by Gasteiger charge is -2.25. The molecule has 5 unspecified atom stereocenters. The van der Waals surface area contributed by atoms with Crippen molar-refractivity contribution in [3.8, 4) is 0 Å². The Morgan fingerprint density at radius 2 is 1.47 bits per heavy atom. The van der Waals surface area contributed by atoms with E-state index in [0.29, 0.717) is 31.6 Å². The zero-order valence-electron chi connectivity index (χ0n) is 19.6. The van der Waals surface area contributed by atoms with Crippen LogP contribution in [0.4, 0.5) is 0 Å². The number of aliphatic hydroxyl groups excluding tert-OH is 1. The summed E-state index contributed by atoms with van der Waals surface area (Å²) in [5.41, 5.74) is 16.5. The van der Waals surface area contributed by atoms with Gasteiger partial charge in [0.25, 0.3) is 0 Å². The summed E-state index contributed by atoms with van der Waals surface area (Å²) in [4.78, 5) is 60.6. The molecule has 34 heavy (non-hydrogen) atoms. The average molecular weight is 507 g/mol. The van der Waals surface area contributed by atoms with Crippen LogP contribution in [-0.4, -0.2) is 88.6 Å². The molecule has 0 radical (unpaired) electrons. The van der Waals surface area contributed by atoms with Gasteiger partial charge in [0.05, 0.1) is 12.1 Å². The van der Waals surface area contributed by atoms with E-state index in [1.54, 1.807) is 0 Å². The highest BCUT2D eigenvalue weighted by atomic mass is 32.2. The third kappa shape index (κ3) is 12.7. The van der Waals surface area contributed by atoms with Crippen LogP contribution < -0.4 is 33.2 Å². The summed E-state index contributed by atoms with van der Waals surface area (Å²) in [6.45, 7) is 1.55. The SMILES string of the molecule is CSCCC(N)C(=O)NC(CCC(N)=O)C(=O)NC(CCCCN)C(=O)NC(C(=O)O)C(C)O. The molecule has 0 saturated heterocycles. The largest absolute Gasteiger partial charge is 0.480 e. The summed E-state index contributed by atoms with van der Waals surface area (Å²) in [5, 5.41) is 26.0. The minimum absolute atomic E-state index is 0.120. The Morgan fingerprint density at radius 1 is 0.912 bits per heavy atom. The maximum atomic E-state index is 12.9.